The van der Waals surface area contributed by atoms with Gasteiger partial charge in [0.15, 0.2) is 5.03 Å². The number of sulfonamides is 1. The second kappa shape index (κ2) is 5.97. The van der Waals surface area contributed by atoms with Crippen molar-refractivity contribution < 1.29 is 8.42 Å². The van der Waals surface area contributed by atoms with Crippen LogP contribution in [0, 0.1) is 0 Å². The van der Waals surface area contributed by atoms with Crippen LogP contribution in [0.3, 0.4) is 0 Å². The van der Waals surface area contributed by atoms with Crippen LogP contribution in [0.4, 0.5) is 0 Å². The number of hydrogen-bond donors (Lipinski definition) is 2. The van der Waals surface area contributed by atoms with Gasteiger partial charge in [-0.15, -0.1) is 0 Å². The monoisotopic (exact) mass is 289 g/mol. The molecule has 1 aromatic heterocycles. The lowest BCUT2D eigenvalue weighted by Crippen LogP contribution is -2.43. The Morgan fingerprint density at radius 2 is 2.33 bits per heavy atom. The van der Waals surface area contributed by atoms with E-state index in [0.717, 1.165) is 25.8 Å². The topological polar surface area (TPSA) is 71.1 Å². The summed E-state index contributed by atoms with van der Waals surface area (Å²) < 4.78 is 26.6. The van der Waals surface area contributed by atoms with E-state index in [-0.39, 0.29) is 16.1 Å². The molecule has 1 aliphatic heterocycles. The molecule has 0 spiro atoms. The van der Waals surface area contributed by atoms with E-state index in [0.29, 0.717) is 6.54 Å². The maximum atomic E-state index is 12.0. The lowest BCUT2D eigenvalue weighted by molar-refractivity contribution is 0.398. The van der Waals surface area contributed by atoms with Gasteiger partial charge in [-0.25, -0.2) is 18.1 Å². The third-order valence-corrected chi connectivity index (χ3v) is 4.71. The van der Waals surface area contributed by atoms with Gasteiger partial charge in [-0.2, -0.15) is 0 Å². The molecule has 2 rings (SSSR count). The van der Waals surface area contributed by atoms with Gasteiger partial charge in [0.1, 0.15) is 0 Å². The maximum absolute atomic E-state index is 12.0. The second-order valence-corrected chi connectivity index (χ2v) is 6.38. The van der Waals surface area contributed by atoms with Gasteiger partial charge in [-0.05, 0) is 31.5 Å². The highest BCUT2D eigenvalue weighted by atomic mass is 35.5. The fraction of sp³-hybridized carbons (Fsp3) is 0.545. The number of halogens is 1. The first-order valence-corrected chi connectivity index (χ1v) is 7.79. The molecule has 1 aliphatic rings. The predicted octanol–water partition coefficient (Wildman–Crippen LogP) is 1.16. The summed E-state index contributed by atoms with van der Waals surface area (Å²) in [5, 5.41) is 3.31. The summed E-state index contributed by atoms with van der Waals surface area (Å²) in [6.07, 6.45) is 4.68. The SMILES string of the molecule is O=S(=O)(NCC1CCCCN1)c1ncccc1Cl. The molecule has 1 aromatic rings. The van der Waals surface area contributed by atoms with Gasteiger partial charge in [-0.1, -0.05) is 18.0 Å². The van der Waals surface area contributed by atoms with E-state index in [9.17, 15) is 8.42 Å². The standard InChI is InChI=1S/C11H16ClN3O2S/c12-10-5-3-7-14-11(10)18(16,17)15-8-9-4-1-2-6-13-9/h3,5,7,9,13,15H,1-2,4,6,8H2. The molecule has 2 N–H and O–H groups in total. The third kappa shape index (κ3) is 3.41. The number of pyridine rings is 1. The summed E-state index contributed by atoms with van der Waals surface area (Å²) in [5.41, 5.74) is 0. The third-order valence-electron chi connectivity index (χ3n) is 2.91. The molecular formula is C11H16ClN3O2S. The first-order valence-electron chi connectivity index (χ1n) is 5.93. The molecular weight excluding hydrogens is 274 g/mol. The molecule has 7 heteroatoms. The average Bonchev–Trinajstić information content (AvgIpc) is 2.38. The Bertz CT molecular complexity index is 501. The summed E-state index contributed by atoms with van der Waals surface area (Å²) >= 11 is 5.83. The zero-order valence-electron chi connectivity index (χ0n) is 9.89. The lowest BCUT2D eigenvalue weighted by Gasteiger charge is -2.23. The quantitative estimate of drug-likeness (QED) is 0.872. The highest BCUT2D eigenvalue weighted by molar-refractivity contribution is 7.89. The van der Waals surface area contributed by atoms with Gasteiger partial charge in [0.05, 0.1) is 5.02 Å². The van der Waals surface area contributed by atoms with Gasteiger partial charge in [0, 0.05) is 18.8 Å². The summed E-state index contributed by atoms with van der Waals surface area (Å²) in [7, 11) is -3.62. The van der Waals surface area contributed by atoms with Crippen LogP contribution >= 0.6 is 11.6 Å². The van der Waals surface area contributed by atoms with Crippen LogP contribution < -0.4 is 10.0 Å². The number of rotatable bonds is 4. The van der Waals surface area contributed by atoms with Crippen LogP contribution in [0.25, 0.3) is 0 Å². The summed E-state index contributed by atoms with van der Waals surface area (Å²) in [6, 6.07) is 3.31. The molecule has 1 unspecified atom stereocenters. The first kappa shape index (κ1) is 13.7. The molecule has 1 saturated heterocycles. The lowest BCUT2D eigenvalue weighted by atomic mass is 10.1. The molecule has 0 bridgehead atoms. The normalized spacial score (nSPS) is 20.8. The Hall–Kier alpha value is -0.690. The second-order valence-electron chi connectivity index (χ2n) is 4.29. The minimum absolute atomic E-state index is 0.109. The van der Waals surface area contributed by atoms with Crippen molar-refractivity contribution in [3.63, 3.8) is 0 Å². The van der Waals surface area contributed by atoms with Gasteiger partial charge >= 0.3 is 0 Å². The van der Waals surface area contributed by atoms with Gasteiger partial charge < -0.3 is 5.32 Å². The molecule has 0 amide bonds. The highest BCUT2D eigenvalue weighted by Crippen LogP contribution is 2.17. The first-order chi connectivity index (χ1) is 8.59. The van der Waals surface area contributed by atoms with Crippen LogP contribution in [0.5, 0.6) is 0 Å². The van der Waals surface area contributed by atoms with Crippen molar-refractivity contribution in [2.75, 3.05) is 13.1 Å². The predicted molar refractivity (Wildman–Crippen MR) is 70.1 cm³/mol. The molecule has 18 heavy (non-hydrogen) atoms. The minimum Gasteiger partial charge on any atom is -0.313 e. The van der Waals surface area contributed by atoms with Crippen molar-refractivity contribution in [2.24, 2.45) is 0 Å². The zero-order valence-corrected chi connectivity index (χ0v) is 11.5. The minimum atomic E-state index is -3.62. The van der Waals surface area contributed by atoms with Crippen LogP contribution in [-0.4, -0.2) is 32.5 Å². The van der Waals surface area contributed by atoms with Crippen LogP contribution in [0.2, 0.25) is 5.02 Å². The Morgan fingerprint density at radius 3 is 3.00 bits per heavy atom. The van der Waals surface area contributed by atoms with Crippen molar-refractivity contribution in [3.8, 4) is 0 Å². The molecule has 0 saturated carbocycles. The molecule has 5 nitrogen and oxygen atoms in total. The van der Waals surface area contributed by atoms with Crippen LogP contribution in [0.1, 0.15) is 19.3 Å². The Labute approximate surface area is 112 Å². The summed E-state index contributed by atoms with van der Waals surface area (Å²) in [6.45, 7) is 1.31. The van der Waals surface area contributed by atoms with Gasteiger partial charge in [0.2, 0.25) is 0 Å². The van der Waals surface area contributed by atoms with Gasteiger partial charge in [0.25, 0.3) is 10.0 Å². The Balaban J connectivity index is 2.01. The number of aromatic nitrogens is 1. The molecule has 1 atom stereocenters. The fourth-order valence-corrected chi connectivity index (χ4v) is 3.45. The van der Waals surface area contributed by atoms with Crippen LogP contribution in [-0.2, 0) is 10.0 Å². The van der Waals surface area contributed by atoms with E-state index in [1.807, 2.05) is 0 Å². The number of hydrogen-bond acceptors (Lipinski definition) is 4. The fourth-order valence-electron chi connectivity index (χ4n) is 1.95. The van der Waals surface area contributed by atoms with E-state index < -0.39 is 10.0 Å². The van der Waals surface area contributed by atoms with Crippen molar-refractivity contribution >= 4 is 21.6 Å². The van der Waals surface area contributed by atoms with Crippen molar-refractivity contribution in [2.45, 2.75) is 30.3 Å². The number of nitrogens with zero attached hydrogens (tertiary/aromatic N) is 1. The largest absolute Gasteiger partial charge is 0.313 e. The molecule has 100 valence electrons. The van der Waals surface area contributed by atoms with E-state index in [1.54, 1.807) is 6.07 Å². The zero-order chi connectivity index (χ0) is 13.0. The smallest absolute Gasteiger partial charge is 0.259 e. The molecule has 2 heterocycles. The average molecular weight is 290 g/mol. The van der Waals surface area contributed by atoms with Crippen molar-refractivity contribution in [1.29, 1.82) is 0 Å². The van der Waals surface area contributed by atoms with E-state index in [2.05, 4.69) is 15.0 Å². The molecule has 0 aliphatic carbocycles. The van der Waals surface area contributed by atoms with Crippen molar-refractivity contribution in [3.05, 3.63) is 23.4 Å². The summed E-state index contributed by atoms with van der Waals surface area (Å²) in [4.78, 5) is 3.81. The van der Waals surface area contributed by atoms with E-state index in [4.69, 9.17) is 11.6 Å². The molecule has 0 radical (unpaired) electrons. The maximum Gasteiger partial charge on any atom is 0.259 e. The van der Waals surface area contributed by atoms with Crippen LogP contribution in [0.15, 0.2) is 23.4 Å². The van der Waals surface area contributed by atoms with Crippen molar-refractivity contribution in [1.82, 2.24) is 15.0 Å². The van der Waals surface area contributed by atoms with Gasteiger partial charge in [-0.3, -0.25) is 0 Å². The molecule has 1 fully saturated rings. The molecule has 0 aromatic carbocycles. The Morgan fingerprint density at radius 1 is 1.50 bits per heavy atom. The van der Waals surface area contributed by atoms with E-state index >= 15 is 0 Å². The summed E-state index contributed by atoms with van der Waals surface area (Å²) in [5.74, 6) is 0. The number of piperidine rings is 1. The number of nitrogens with one attached hydrogen (secondary N) is 2. The highest BCUT2D eigenvalue weighted by Gasteiger charge is 2.21. The Kier molecular flexibility index (Phi) is 4.55. The van der Waals surface area contributed by atoms with E-state index in [1.165, 1.54) is 12.3 Å².